The van der Waals surface area contributed by atoms with Crippen LogP contribution in [0.25, 0.3) is 0 Å². The fourth-order valence-corrected chi connectivity index (χ4v) is 3.94. The van der Waals surface area contributed by atoms with Gasteiger partial charge in [0.15, 0.2) is 21.8 Å². The highest BCUT2D eigenvalue weighted by Gasteiger charge is 2.19. The first-order valence-electron chi connectivity index (χ1n) is 7.81. The first kappa shape index (κ1) is 20.0. The van der Waals surface area contributed by atoms with E-state index in [9.17, 15) is 17.2 Å². The van der Waals surface area contributed by atoms with Crippen molar-refractivity contribution >= 4 is 27.6 Å². The van der Waals surface area contributed by atoms with Crippen molar-refractivity contribution in [3.8, 4) is 5.88 Å². The number of imidazole rings is 1. The van der Waals surface area contributed by atoms with Crippen LogP contribution in [0.15, 0.2) is 40.6 Å². The van der Waals surface area contributed by atoms with E-state index in [-0.39, 0.29) is 33.2 Å². The standard InChI is InChI=1S/C16H15F2N5O3S2/c1-9-19-7-14(20-9)28(24,25)23-12-6-13(26-2)22-16(21-12)27-8-10-4-3-5-11(17)15(10)18/h3-7H,8H2,1-2H3,(H,19,20)(H,21,22,23). The number of halogens is 2. The molecule has 0 unspecified atom stereocenters. The zero-order valence-corrected chi connectivity index (χ0v) is 16.4. The molecule has 148 valence electrons. The Balaban J connectivity index is 1.83. The van der Waals surface area contributed by atoms with Crippen molar-refractivity contribution in [2.24, 2.45) is 0 Å². The summed E-state index contributed by atoms with van der Waals surface area (Å²) in [7, 11) is -2.59. The molecule has 0 bridgehead atoms. The minimum absolute atomic E-state index is 0.0404. The summed E-state index contributed by atoms with van der Waals surface area (Å²) in [6, 6.07) is 5.16. The SMILES string of the molecule is COc1cc(NS(=O)(=O)c2cnc(C)[nH]2)nc(SCc2cccc(F)c2F)n1. The Morgan fingerprint density at radius 2 is 2.07 bits per heavy atom. The number of ether oxygens (including phenoxy) is 1. The maximum atomic E-state index is 13.8. The molecule has 0 saturated heterocycles. The van der Waals surface area contributed by atoms with Gasteiger partial charge in [-0.3, -0.25) is 4.72 Å². The molecular weight excluding hydrogens is 412 g/mol. The number of sulfonamides is 1. The van der Waals surface area contributed by atoms with Crippen molar-refractivity contribution in [3.05, 3.63) is 53.5 Å². The summed E-state index contributed by atoms with van der Waals surface area (Å²) in [4.78, 5) is 14.7. The zero-order chi connectivity index (χ0) is 20.3. The lowest BCUT2D eigenvalue weighted by atomic mass is 10.2. The van der Waals surface area contributed by atoms with E-state index in [1.165, 1.54) is 31.5 Å². The average molecular weight is 427 g/mol. The smallest absolute Gasteiger partial charge is 0.280 e. The molecule has 0 spiro atoms. The lowest BCUT2D eigenvalue weighted by Crippen LogP contribution is -2.15. The van der Waals surface area contributed by atoms with Crippen LogP contribution in [-0.2, 0) is 15.8 Å². The molecule has 0 amide bonds. The second-order valence-corrected chi connectivity index (χ2v) is 8.11. The second kappa shape index (κ2) is 8.10. The first-order chi connectivity index (χ1) is 13.3. The number of benzene rings is 1. The van der Waals surface area contributed by atoms with E-state index < -0.39 is 21.7 Å². The van der Waals surface area contributed by atoms with Crippen LogP contribution in [-0.4, -0.2) is 35.5 Å². The van der Waals surface area contributed by atoms with Crippen molar-refractivity contribution < 1.29 is 21.9 Å². The van der Waals surface area contributed by atoms with Crippen molar-refractivity contribution in [3.63, 3.8) is 0 Å². The third-order valence-corrected chi connectivity index (χ3v) is 5.65. The third-order valence-electron chi connectivity index (χ3n) is 3.49. The molecule has 2 heterocycles. The summed E-state index contributed by atoms with van der Waals surface area (Å²) in [6.07, 6.45) is 1.18. The van der Waals surface area contributed by atoms with Crippen LogP contribution in [0.1, 0.15) is 11.4 Å². The molecule has 0 saturated carbocycles. The highest BCUT2D eigenvalue weighted by molar-refractivity contribution is 7.98. The van der Waals surface area contributed by atoms with E-state index >= 15 is 0 Å². The number of hydrogen-bond acceptors (Lipinski definition) is 7. The maximum Gasteiger partial charge on any atom is 0.280 e. The molecule has 2 aromatic heterocycles. The molecular formula is C16H15F2N5O3S2. The number of anilines is 1. The van der Waals surface area contributed by atoms with Crippen LogP contribution in [0.5, 0.6) is 5.88 Å². The normalized spacial score (nSPS) is 11.4. The Labute approximate surface area is 163 Å². The van der Waals surface area contributed by atoms with Gasteiger partial charge in [0.05, 0.1) is 13.3 Å². The molecule has 0 atom stereocenters. The topological polar surface area (TPSA) is 110 Å². The molecule has 1 aromatic carbocycles. The van der Waals surface area contributed by atoms with Gasteiger partial charge in [-0.25, -0.2) is 18.7 Å². The third kappa shape index (κ3) is 4.57. The number of methoxy groups -OCH3 is 1. The highest BCUT2D eigenvalue weighted by atomic mass is 32.2. The van der Waals surface area contributed by atoms with Gasteiger partial charge in [0, 0.05) is 17.4 Å². The lowest BCUT2D eigenvalue weighted by molar-refractivity contribution is 0.393. The average Bonchev–Trinajstić information content (AvgIpc) is 3.10. The summed E-state index contributed by atoms with van der Waals surface area (Å²) < 4.78 is 59.3. The van der Waals surface area contributed by atoms with Crippen molar-refractivity contribution in [2.75, 3.05) is 11.8 Å². The molecule has 3 rings (SSSR count). The van der Waals surface area contributed by atoms with E-state index in [0.29, 0.717) is 5.82 Å². The fraction of sp³-hybridized carbons (Fsp3) is 0.188. The number of thioether (sulfide) groups is 1. The van der Waals surface area contributed by atoms with Gasteiger partial charge >= 0.3 is 0 Å². The molecule has 0 aliphatic heterocycles. The summed E-state index contributed by atoms with van der Waals surface area (Å²) in [5.74, 6) is -1.35. The predicted molar refractivity (Wildman–Crippen MR) is 98.6 cm³/mol. The Kier molecular flexibility index (Phi) is 5.79. The van der Waals surface area contributed by atoms with Gasteiger partial charge in [0.2, 0.25) is 5.88 Å². The van der Waals surface area contributed by atoms with Crippen molar-refractivity contribution in [1.82, 2.24) is 19.9 Å². The molecule has 0 aliphatic rings. The van der Waals surface area contributed by atoms with Crippen LogP contribution < -0.4 is 9.46 Å². The van der Waals surface area contributed by atoms with Crippen LogP contribution in [0.2, 0.25) is 0 Å². The number of rotatable bonds is 7. The molecule has 3 aromatic rings. The van der Waals surface area contributed by atoms with Gasteiger partial charge in [-0.1, -0.05) is 23.9 Å². The van der Waals surface area contributed by atoms with E-state index in [1.54, 1.807) is 6.92 Å². The van der Waals surface area contributed by atoms with Crippen molar-refractivity contribution in [2.45, 2.75) is 22.9 Å². The van der Waals surface area contributed by atoms with E-state index in [2.05, 4.69) is 24.7 Å². The van der Waals surface area contributed by atoms with Gasteiger partial charge in [-0.2, -0.15) is 13.4 Å². The predicted octanol–water partition coefficient (Wildman–Crippen LogP) is 2.89. The summed E-state index contributed by atoms with van der Waals surface area (Å²) >= 11 is 1.00. The Morgan fingerprint density at radius 3 is 2.75 bits per heavy atom. The second-order valence-electron chi connectivity index (χ2n) is 5.52. The molecule has 12 heteroatoms. The summed E-state index contributed by atoms with van der Waals surface area (Å²) in [6.45, 7) is 1.62. The number of aromatic nitrogens is 4. The Hall–Kier alpha value is -2.73. The zero-order valence-electron chi connectivity index (χ0n) is 14.7. The monoisotopic (exact) mass is 427 g/mol. The Bertz CT molecular complexity index is 1110. The van der Waals surface area contributed by atoms with Crippen LogP contribution in [0.3, 0.4) is 0 Å². The van der Waals surface area contributed by atoms with Gasteiger partial charge < -0.3 is 9.72 Å². The molecule has 0 radical (unpaired) electrons. The number of hydrogen-bond donors (Lipinski definition) is 2. The molecule has 2 N–H and O–H groups in total. The van der Waals surface area contributed by atoms with E-state index in [0.717, 1.165) is 17.8 Å². The van der Waals surface area contributed by atoms with Crippen LogP contribution in [0, 0.1) is 18.6 Å². The van der Waals surface area contributed by atoms with Gasteiger partial charge in [-0.15, -0.1) is 0 Å². The number of nitrogens with one attached hydrogen (secondary N) is 2. The van der Waals surface area contributed by atoms with Crippen molar-refractivity contribution in [1.29, 1.82) is 0 Å². The number of aromatic amines is 1. The molecule has 28 heavy (non-hydrogen) atoms. The van der Waals surface area contributed by atoms with Crippen LogP contribution in [0.4, 0.5) is 14.6 Å². The summed E-state index contributed by atoms with van der Waals surface area (Å²) in [5, 5.41) is 0.000108. The van der Waals surface area contributed by atoms with Gasteiger partial charge in [0.1, 0.15) is 11.6 Å². The number of aryl methyl sites for hydroxylation is 1. The number of nitrogens with zero attached hydrogens (tertiary/aromatic N) is 3. The van der Waals surface area contributed by atoms with Gasteiger partial charge in [-0.05, 0) is 13.0 Å². The lowest BCUT2D eigenvalue weighted by Gasteiger charge is -2.09. The fourth-order valence-electron chi connectivity index (χ4n) is 2.15. The van der Waals surface area contributed by atoms with E-state index in [4.69, 9.17) is 4.74 Å². The molecule has 0 aliphatic carbocycles. The number of H-pyrrole nitrogens is 1. The van der Waals surface area contributed by atoms with Crippen LogP contribution >= 0.6 is 11.8 Å². The quantitative estimate of drug-likeness (QED) is 0.441. The molecule has 0 fully saturated rings. The minimum atomic E-state index is -3.95. The van der Waals surface area contributed by atoms with E-state index in [1.807, 2.05) is 0 Å². The Morgan fingerprint density at radius 1 is 1.29 bits per heavy atom. The van der Waals surface area contributed by atoms with Gasteiger partial charge in [0.25, 0.3) is 10.0 Å². The highest BCUT2D eigenvalue weighted by Crippen LogP contribution is 2.26. The first-order valence-corrected chi connectivity index (χ1v) is 10.3. The summed E-state index contributed by atoms with van der Waals surface area (Å²) in [5.41, 5.74) is 0.131. The largest absolute Gasteiger partial charge is 0.481 e. The molecule has 8 nitrogen and oxygen atoms in total. The maximum absolute atomic E-state index is 13.8. The minimum Gasteiger partial charge on any atom is -0.481 e.